The lowest BCUT2D eigenvalue weighted by atomic mass is 10.1. The number of nitrogens with zero attached hydrogens (tertiary/aromatic N) is 3. The molecule has 0 N–H and O–H groups in total. The summed E-state index contributed by atoms with van der Waals surface area (Å²) in [6.45, 7) is 1.67. The van der Waals surface area contributed by atoms with Crippen molar-refractivity contribution in [2.75, 3.05) is 6.61 Å². The van der Waals surface area contributed by atoms with Crippen molar-refractivity contribution in [2.45, 2.75) is 12.8 Å². The lowest BCUT2D eigenvalue weighted by Crippen LogP contribution is -2.23. The Bertz CT molecular complexity index is 691. The largest absolute Gasteiger partial charge is 0.460 e. The zero-order valence-corrected chi connectivity index (χ0v) is 12.0. The molecule has 0 saturated carbocycles. The number of hydrogen-bond acceptors (Lipinski definition) is 7. The first-order valence-electron chi connectivity index (χ1n) is 6.16. The number of aromatic nitrogens is 2. The van der Waals surface area contributed by atoms with Gasteiger partial charge in [0.25, 0.3) is 5.78 Å². The van der Waals surface area contributed by atoms with E-state index in [2.05, 4.69) is 14.9 Å². The highest BCUT2D eigenvalue weighted by Gasteiger charge is 2.31. The average Bonchev–Trinajstić information content (AvgIpc) is 2.98. The monoisotopic (exact) mass is 301 g/mol. The number of ketones is 1. The maximum Gasteiger partial charge on any atom is 0.376 e. The Morgan fingerprint density at radius 1 is 1.33 bits per heavy atom. The summed E-state index contributed by atoms with van der Waals surface area (Å²) in [5.41, 5.74) is 0.835. The molecule has 2 aromatic rings. The van der Waals surface area contributed by atoms with Crippen LogP contribution < -0.4 is 0 Å². The number of benzene rings is 1. The third kappa shape index (κ3) is 3.30. The maximum absolute atomic E-state index is 11.9. The SMILES string of the molecule is CCOC(=O)C(=O)[C@@H](C#N)c1nnc(-c2ccccc2)s1. The zero-order valence-electron chi connectivity index (χ0n) is 11.1. The van der Waals surface area contributed by atoms with Crippen molar-refractivity contribution in [1.82, 2.24) is 10.2 Å². The smallest absolute Gasteiger partial charge is 0.376 e. The maximum atomic E-state index is 11.9. The molecule has 106 valence electrons. The second-order valence-corrected chi connectivity index (χ2v) is 4.97. The first-order valence-corrected chi connectivity index (χ1v) is 6.98. The van der Waals surface area contributed by atoms with Crippen molar-refractivity contribution in [1.29, 1.82) is 5.26 Å². The quantitative estimate of drug-likeness (QED) is 0.619. The van der Waals surface area contributed by atoms with Crippen molar-refractivity contribution in [3.63, 3.8) is 0 Å². The summed E-state index contributed by atoms with van der Waals surface area (Å²) in [6.07, 6.45) is 0. The van der Waals surface area contributed by atoms with Crippen LogP contribution in [0.25, 0.3) is 10.6 Å². The molecule has 0 aliphatic rings. The van der Waals surface area contributed by atoms with Gasteiger partial charge in [0, 0.05) is 5.56 Å². The van der Waals surface area contributed by atoms with Gasteiger partial charge in [-0.15, -0.1) is 10.2 Å². The van der Waals surface area contributed by atoms with E-state index in [0.29, 0.717) is 5.01 Å². The highest BCUT2D eigenvalue weighted by atomic mass is 32.1. The molecule has 0 saturated heterocycles. The highest BCUT2D eigenvalue weighted by molar-refractivity contribution is 7.15. The van der Waals surface area contributed by atoms with Crippen LogP contribution in [0.5, 0.6) is 0 Å². The van der Waals surface area contributed by atoms with Crippen molar-refractivity contribution < 1.29 is 14.3 Å². The Balaban J connectivity index is 2.25. The average molecular weight is 301 g/mol. The van der Waals surface area contributed by atoms with Crippen molar-refractivity contribution in [3.05, 3.63) is 35.3 Å². The van der Waals surface area contributed by atoms with E-state index in [4.69, 9.17) is 5.26 Å². The summed E-state index contributed by atoms with van der Waals surface area (Å²) in [7, 11) is 0. The normalized spacial score (nSPS) is 11.4. The van der Waals surface area contributed by atoms with Gasteiger partial charge in [0.15, 0.2) is 5.92 Å². The minimum atomic E-state index is -1.28. The standard InChI is InChI=1S/C14H11N3O3S/c1-2-20-14(19)11(18)10(8-15)13-17-16-12(21-13)9-6-4-3-5-7-9/h3-7,10H,2H2,1H3/t10-/m1/s1. The van der Waals surface area contributed by atoms with Crippen LogP contribution in [0.3, 0.4) is 0 Å². The van der Waals surface area contributed by atoms with Gasteiger partial charge in [0.2, 0.25) is 0 Å². The molecule has 0 unspecified atom stereocenters. The van der Waals surface area contributed by atoms with Gasteiger partial charge < -0.3 is 4.74 Å². The third-order valence-electron chi connectivity index (χ3n) is 2.58. The number of rotatable bonds is 5. The number of esters is 1. The Kier molecular flexibility index (Phi) is 4.74. The molecule has 0 fully saturated rings. The number of carbonyl (C=O) groups is 2. The molecule has 0 bridgehead atoms. The third-order valence-corrected chi connectivity index (χ3v) is 3.61. The van der Waals surface area contributed by atoms with Crippen LogP contribution in [-0.2, 0) is 14.3 Å². The minimum absolute atomic E-state index is 0.0775. The van der Waals surface area contributed by atoms with Crippen LogP contribution in [-0.4, -0.2) is 28.6 Å². The molecule has 7 heteroatoms. The molecule has 1 aromatic heterocycles. The predicted molar refractivity (Wildman–Crippen MR) is 75.3 cm³/mol. The molecule has 1 atom stereocenters. The molecule has 0 aliphatic carbocycles. The highest BCUT2D eigenvalue weighted by Crippen LogP contribution is 2.28. The summed E-state index contributed by atoms with van der Waals surface area (Å²) in [6, 6.07) is 11.0. The number of nitriles is 1. The van der Waals surface area contributed by atoms with Gasteiger partial charge >= 0.3 is 5.97 Å². The molecule has 0 radical (unpaired) electrons. The number of carbonyl (C=O) groups excluding carboxylic acids is 2. The number of ether oxygens (including phenoxy) is 1. The van der Waals surface area contributed by atoms with E-state index in [-0.39, 0.29) is 11.6 Å². The molecule has 0 aliphatic heterocycles. The summed E-state index contributed by atoms with van der Waals surface area (Å²) in [5.74, 6) is -3.23. The minimum Gasteiger partial charge on any atom is -0.460 e. The Morgan fingerprint density at radius 3 is 2.67 bits per heavy atom. The molecule has 0 spiro atoms. The van der Waals surface area contributed by atoms with Crippen molar-refractivity contribution in [3.8, 4) is 16.6 Å². The molecular formula is C14H11N3O3S. The van der Waals surface area contributed by atoms with E-state index >= 15 is 0 Å². The summed E-state index contributed by atoms with van der Waals surface area (Å²) in [4.78, 5) is 23.3. The first-order chi connectivity index (χ1) is 10.2. The van der Waals surface area contributed by atoms with Crippen LogP contribution in [0.2, 0.25) is 0 Å². The van der Waals surface area contributed by atoms with Gasteiger partial charge in [-0.1, -0.05) is 41.7 Å². The Labute approximate surface area is 125 Å². The summed E-state index contributed by atoms with van der Waals surface area (Å²) < 4.78 is 4.62. The van der Waals surface area contributed by atoms with Gasteiger partial charge in [-0.3, -0.25) is 4.79 Å². The fourth-order valence-electron chi connectivity index (χ4n) is 1.59. The van der Waals surface area contributed by atoms with Crippen molar-refractivity contribution >= 4 is 23.1 Å². The second-order valence-electron chi connectivity index (χ2n) is 3.96. The van der Waals surface area contributed by atoms with Gasteiger partial charge in [-0.05, 0) is 6.92 Å². The van der Waals surface area contributed by atoms with E-state index < -0.39 is 17.7 Å². The summed E-state index contributed by atoms with van der Waals surface area (Å²) in [5, 5.41) is 17.7. The fraction of sp³-hybridized carbons (Fsp3) is 0.214. The van der Waals surface area contributed by atoms with E-state index in [1.807, 2.05) is 30.3 Å². The van der Waals surface area contributed by atoms with Gasteiger partial charge in [-0.2, -0.15) is 5.26 Å². The van der Waals surface area contributed by atoms with Crippen LogP contribution >= 0.6 is 11.3 Å². The van der Waals surface area contributed by atoms with Crippen LogP contribution in [0.4, 0.5) is 0 Å². The van der Waals surface area contributed by atoms with Crippen LogP contribution in [0.1, 0.15) is 17.8 Å². The van der Waals surface area contributed by atoms with E-state index in [0.717, 1.165) is 16.9 Å². The first kappa shape index (κ1) is 14.8. The molecule has 6 nitrogen and oxygen atoms in total. The zero-order chi connectivity index (χ0) is 15.2. The second kappa shape index (κ2) is 6.72. The van der Waals surface area contributed by atoms with Crippen LogP contribution in [0.15, 0.2) is 30.3 Å². The fourth-order valence-corrected chi connectivity index (χ4v) is 2.49. The summed E-state index contributed by atoms with van der Waals surface area (Å²) >= 11 is 1.11. The van der Waals surface area contributed by atoms with Gasteiger partial charge in [-0.25, -0.2) is 4.79 Å². The van der Waals surface area contributed by atoms with Gasteiger partial charge in [0.05, 0.1) is 12.7 Å². The lowest BCUT2D eigenvalue weighted by molar-refractivity contribution is -0.153. The molecule has 1 aromatic carbocycles. The molecule has 0 amide bonds. The molecule has 1 heterocycles. The molecule has 21 heavy (non-hydrogen) atoms. The van der Waals surface area contributed by atoms with E-state index in [1.165, 1.54) is 0 Å². The van der Waals surface area contributed by atoms with E-state index in [9.17, 15) is 9.59 Å². The topological polar surface area (TPSA) is 92.9 Å². The van der Waals surface area contributed by atoms with Crippen molar-refractivity contribution in [2.24, 2.45) is 0 Å². The number of hydrogen-bond donors (Lipinski definition) is 0. The number of Topliss-reactive ketones (excluding diaryl/α,β-unsaturated/α-hetero) is 1. The Morgan fingerprint density at radius 2 is 2.05 bits per heavy atom. The Hall–Kier alpha value is -2.59. The van der Waals surface area contributed by atoms with E-state index in [1.54, 1.807) is 13.0 Å². The van der Waals surface area contributed by atoms with Crippen LogP contribution in [0, 0.1) is 11.3 Å². The van der Waals surface area contributed by atoms with Gasteiger partial charge in [0.1, 0.15) is 10.0 Å². The molecule has 2 rings (SSSR count). The predicted octanol–water partition coefficient (Wildman–Crippen LogP) is 1.94. The molecular weight excluding hydrogens is 290 g/mol. The lowest BCUT2D eigenvalue weighted by Gasteiger charge is -2.03.